The maximum atomic E-state index is 12.6. The standard InChI is InChI=1S/C10H20BrO5P/c1-7(2)15-17(12,16-8(3)4)10-13-6-9(5-11)14-10/h7-10H,5-6H2,1-4H3/t9-,10-/m1/s1. The first-order valence-electron chi connectivity index (χ1n) is 5.67. The Morgan fingerprint density at radius 1 is 1.29 bits per heavy atom. The highest BCUT2D eigenvalue weighted by atomic mass is 79.9. The number of hydrogen-bond donors (Lipinski definition) is 0. The fraction of sp³-hybridized carbons (Fsp3) is 1.00. The summed E-state index contributed by atoms with van der Waals surface area (Å²) in [5, 5.41) is 0.632. The zero-order chi connectivity index (χ0) is 13.1. The van der Waals surface area contributed by atoms with Crippen LogP contribution in [-0.2, 0) is 23.1 Å². The van der Waals surface area contributed by atoms with E-state index >= 15 is 0 Å². The van der Waals surface area contributed by atoms with Gasteiger partial charge in [0.1, 0.15) is 0 Å². The average Bonchev–Trinajstić information content (AvgIpc) is 2.63. The van der Waals surface area contributed by atoms with Crippen LogP contribution in [0.4, 0.5) is 0 Å². The van der Waals surface area contributed by atoms with E-state index < -0.39 is 13.6 Å². The molecule has 17 heavy (non-hydrogen) atoms. The van der Waals surface area contributed by atoms with Gasteiger partial charge in [0, 0.05) is 5.33 Å². The molecule has 1 fully saturated rings. The molecule has 1 aliphatic heterocycles. The average molecular weight is 331 g/mol. The molecule has 1 aliphatic rings. The van der Waals surface area contributed by atoms with Crippen molar-refractivity contribution in [3.05, 3.63) is 0 Å². The SMILES string of the molecule is CC(C)OP(=O)(OC(C)C)[C@@H]1OC[C@@H](CBr)O1. The second-order valence-electron chi connectivity index (χ2n) is 4.40. The molecule has 0 radical (unpaired) electrons. The molecule has 0 saturated carbocycles. The lowest BCUT2D eigenvalue weighted by atomic mass is 10.5. The molecule has 1 saturated heterocycles. The van der Waals surface area contributed by atoms with Crippen molar-refractivity contribution in [1.29, 1.82) is 0 Å². The number of rotatable bonds is 6. The Labute approximate surface area is 111 Å². The van der Waals surface area contributed by atoms with Crippen LogP contribution in [-0.4, -0.2) is 36.3 Å². The maximum absolute atomic E-state index is 12.6. The predicted octanol–water partition coefficient (Wildman–Crippen LogP) is 3.12. The monoisotopic (exact) mass is 330 g/mol. The van der Waals surface area contributed by atoms with Gasteiger partial charge < -0.3 is 18.5 Å². The highest BCUT2D eigenvalue weighted by Gasteiger charge is 2.45. The van der Waals surface area contributed by atoms with Crippen molar-refractivity contribution >= 4 is 23.5 Å². The summed E-state index contributed by atoms with van der Waals surface area (Å²) < 4.78 is 34.2. The van der Waals surface area contributed by atoms with Gasteiger partial charge in [-0.15, -0.1) is 0 Å². The van der Waals surface area contributed by atoms with Crippen LogP contribution in [0.2, 0.25) is 0 Å². The topological polar surface area (TPSA) is 54.0 Å². The summed E-state index contributed by atoms with van der Waals surface area (Å²) >= 11 is 3.30. The van der Waals surface area contributed by atoms with Crippen LogP contribution in [0.15, 0.2) is 0 Å². The van der Waals surface area contributed by atoms with Gasteiger partial charge in [0.25, 0.3) is 6.03 Å². The first-order valence-corrected chi connectivity index (χ1v) is 8.40. The summed E-state index contributed by atoms with van der Waals surface area (Å²) in [7, 11) is -3.40. The van der Waals surface area contributed by atoms with E-state index in [1.165, 1.54) is 0 Å². The van der Waals surface area contributed by atoms with Crippen molar-refractivity contribution in [3.8, 4) is 0 Å². The number of alkyl halides is 1. The summed E-state index contributed by atoms with van der Waals surface area (Å²) in [5.41, 5.74) is 0. The number of halogens is 1. The summed E-state index contributed by atoms with van der Waals surface area (Å²) in [6, 6.07) is -0.921. The normalized spacial score (nSPS) is 26.1. The Morgan fingerprint density at radius 2 is 1.82 bits per heavy atom. The molecule has 0 aromatic carbocycles. The Balaban J connectivity index is 2.73. The molecule has 5 nitrogen and oxygen atoms in total. The first kappa shape index (κ1) is 15.6. The van der Waals surface area contributed by atoms with Gasteiger partial charge in [0.05, 0.1) is 24.9 Å². The van der Waals surface area contributed by atoms with E-state index in [0.29, 0.717) is 11.9 Å². The molecule has 0 spiro atoms. The third-order valence-electron chi connectivity index (χ3n) is 1.88. The van der Waals surface area contributed by atoms with E-state index in [1.54, 1.807) is 27.7 Å². The largest absolute Gasteiger partial charge is 0.386 e. The van der Waals surface area contributed by atoms with Crippen LogP contribution in [0, 0.1) is 0 Å². The van der Waals surface area contributed by atoms with Crippen LogP contribution >= 0.6 is 23.5 Å². The molecule has 2 atom stereocenters. The third kappa shape index (κ3) is 4.62. The Kier molecular flexibility index (Phi) is 6.10. The van der Waals surface area contributed by atoms with Gasteiger partial charge >= 0.3 is 7.60 Å². The lowest BCUT2D eigenvalue weighted by Crippen LogP contribution is -2.20. The van der Waals surface area contributed by atoms with E-state index in [9.17, 15) is 4.57 Å². The van der Waals surface area contributed by atoms with Crippen molar-refractivity contribution in [2.24, 2.45) is 0 Å². The number of ether oxygens (including phenoxy) is 2. The second-order valence-corrected chi connectivity index (χ2v) is 6.97. The van der Waals surface area contributed by atoms with Crippen molar-refractivity contribution in [2.75, 3.05) is 11.9 Å². The van der Waals surface area contributed by atoms with Crippen LogP contribution in [0.5, 0.6) is 0 Å². The fourth-order valence-electron chi connectivity index (χ4n) is 1.39. The molecule has 102 valence electrons. The smallest absolute Gasteiger partial charge is 0.340 e. The minimum Gasteiger partial charge on any atom is -0.340 e. The van der Waals surface area contributed by atoms with Gasteiger partial charge in [0.2, 0.25) is 0 Å². The summed E-state index contributed by atoms with van der Waals surface area (Å²) in [4.78, 5) is 0. The van der Waals surface area contributed by atoms with Crippen LogP contribution in [0.1, 0.15) is 27.7 Å². The summed E-state index contributed by atoms with van der Waals surface area (Å²) in [6.45, 7) is 7.59. The minimum atomic E-state index is -3.40. The highest BCUT2D eigenvalue weighted by Crippen LogP contribution is 2.57. The van der Waals surface area contributed by atoms with Crippen molar-refractivity contribution in [3.63, 3.8) is 0 Å². The minimum absolute atomic E-state index is 0.111. The third-order valence-corrected chi connectivity index (χ3v) is 4.82. The molecule has 0 aliphatic carbocycles. The Bertz CT molecular complexity index is 270. The van der Waals surface area contributed by atoms with Crippen molar-refractivity contribution < 1.29 is 23.1 Å². The van der Waals surface area contributed by atoms with E-state index in [1.807, 2.05) is 0 Å². The van der Waals surface area contributed by atoms with Gasteiger partial charge in [-0.1, -0.05) is 15.9 Å². The predicted molar refractivity (Wildman–Crippen MR) is 68.5 cm³/mol. The van der Waals surface area contributed by atoms with E-state index in [-0.39, 0.29) is 18.3 Å². The zero-order valence-corrected chi connectivity index (χ0v) is 13.1. The van der Waals surface area contributed by atoms with Gasteiger partial charge in [-0.2, -0.15) is 0 Å². The van der Waals surface area contributed by atoms with Crippen LogP contribution in [0.25, 0.3) is 0 Å². The zero-order valence-electron chi connectivity index (χ0n) is 10.6. The lowest BCUT2D eigenvalue weighted by molar-refractivity contribution is -0.0259. The molecule has 0 aromatic heterocycles. The van der Waals surface area contributed by atoms with E-state index in [4.69, 9.17) is 18.5 Å². The molecular formula is C10H20BrO5P. The molecule has 1 rings (SSSR count). The second kappa shape index (κ2) is 6.64. The fourth-order valence-corrected chi connectivity index (χ4v) is 3.74. The van der Waals surface area contributed by atoms with Gasteiger partial charge in [0.15, 0.2) is 0 Å². The van der Waals surface area contributed by atoms with E-state index in [0.717, 1.165) is 0 Å². The maximum Gasteiger partial charge on any atom is 0.386 e. The highest BCUT2D eigenvalue weighted by molar-refractivity contribution is 9.09. The molecule has 0 N–H and O–H groups in total. The van der Waals surface area contributed by atoms with Crippen molar-refractivity contribution in [2.45, 2.75) is 52.0 Å². The number of hydrogen-bond acceptors (Lipinski definition) is 5. The van der Waals surface area contributed by atoms with Gasteiger partial charge in [-0.3, -0.25) is 4.57 Å². The van der Waals surface area contributed by atoms with Crippen LogP contribution in [0.3, 0.4) is 0 Å². The van der Waals surface area contributed by atoms with Crippen molar-refractivity contribution in [1.82, 2.24) is 0 Å². The molecule has 7 heteroatoms. The molecule has 1 heterocycles. The summed E-state index contributed by atoms with van der Waals surface area (Å²) in [5.74, 6) is 0. The van der Waals surface area contributed by atoms with Crippen LogP contribution < -0.4 is 0 Å². The molecule has 0 aromatic rings. The molecule has 0 amide bonds. The molecular weight excluding hydrogens is 311 g/mol. The lowest BCUT2D eigenvalue weighted by Gasteiger charge is -2.26. The molecule has 0 bridgehead atoms. The Hall–Kier alpha value is 0.550. The first-order chi connectivity index (χ1) is 7.87. The van der Waals surface area contributed by atoms with E-state index in [2.05, 4.69) is 15.9 Å². The quantitative estimate of drug-likeness (QED) is 0.553. The molecule has 0 unspecified atom stereocenters. The van der Waals surface area contributed by atoms with Gasteiger partial charge in [-0.05, 0) is 27.7 Å². The summed E-state index contributed by atoms with van der Waals surface area (Å²) in [6.07, 6.45) is -0.538. The Morgan fingerprint density at radius 3 is 2.18 bits per heavy atom. The van der Waals surface area contributed by atoms with Gasteiger partial charge in [-0.25, -0.2) is 0 Å².